The van der Waals surface area contributed by atoms with E-state index in [-0.39, 0.29) is 11.3 Å². The molecule has 2 aromatic rings. The summed E-state index contributed by atoms with van der Waals surface area (Å²) in [7, 11) is 2.88. The van der Waals surface area contributed by atoms with Gasteiger partial charge in [0.2, 0.25) is 6.10 Å². The van der Waals surface area contributed by atoms with Gasteiger partial charge in [-0.2, -0.15) is 0 Å². The van der Waals surface area contributed by atoms with Crippen molar-refractivity contribution in [2.45, 2.75) is 6.10 Å². The first kappa shape index (κ1) is 16.4. The van der Waals surface area contributed by atoms with Gasteiger partial charge in [0.05, 0.1) is 14.2 Å². The van der Waals surface area contributed by atoms with Crippen molar-refractivity contribution in [3.8, 4) is 11.5 Å². The van der Waals surface area contributed by atoms with Gasteiger partial charge in [0.25, 0.3) is 5.91 Å². The Labute approximate surface area is 133 Å². The van der Waals surface area contributed by atoms with Gasteiger partial charge in [-0.05, 0) is 12.1 Å². The number of para-hydroxylation sites is 1. The van der Waals surface area contributed by atoms with Crippen molar-refractivity contribution >= 4 is 11.9 Å². The number of amides is 1. The Bertz CT molecular complexity index is 699. The molecule has 6 nitrogen and oxygen atoms in total. The summed E-state index contributed by atoms with van der Waals surface area (Å²) in [6, 6.07) is 13.4. The predicted molar refractivity (Wildman–Crippen MR) is 83.3 cm³/mol. The first-order chi connectivity index (χ1) is 11.1. The molecule has 2 aromatic carbocycles. The van der Waals surface area contributed by atoms with E-state index in [1.807, 2.05) is 0 Å². The summed E-state index contributed by atoms with van der Waals surface area (Å²) in [5.74, 6) is -0.867. The van der Waals surface area contributed by atoms with Crippen LogP contribution in [0, 0.1) is 0 Å². The fourth-order valence-corrected chi connectivity index (χ4v) is 2.14. The van der Waals surface area contributed by atoms with Crippen LogP contribution in [-0.4, -0.2) is 26.1 Å². The second-order valence-electron chi connectivity index (χ2n) is 4.64. The minimum atomic E-state index is -1.18. The Hall–Kier alpha value is -3.02. The van der Waals surface area contributed by atoms with Crippen LogP contribution in [0.3, 0.4) is 0 Å². The maximum atomic E-state index is 12.4. The molecule has 0 aliphatic rings. The highest BCUT2D eigenvalue weighted by Gasteiger charge is 2.26. The van der Waals surface area contributed by atoms with E-state index in [1.54, 1.807) is 42.5 Å². The van der Waals surface area contributed by atoms with E-state index in [2.05, 4.69) is 0 Å². The minimum Gasteiger partial charge on any atom is -0.493 e. The highest BCUT2D eigenvalue weighted by molar-refractivity contribution is 5.95. The molecule has 0 aliphatic carbocycles. The number of ether oxygens (including phenoxy) is 3. The van der Waals surface area contributed by atoms with Gasteiger partial charge in [0.1, 0.15) is 5.56 Å². The summed E-state index contributed by atoms with van der Waals surface area (Å²) in [5, 5.41) is 0. The van der Waals surface area contributed by atoms with Crippen LogP contribution in [0.5, 0.6) is 11.5 Å². The van der Waals surface area contributed by atoms with Crippen LogP contribution in [0.15, 0.2) is 48.5 Å². The molecule has 1 unspecified atom stereocenters. The van der Waals surface area contributed by atoms with Crippen molar-refractivity contribution in [3.63, 3.8) is 0 Å². The third-order valence-electron chi connectivity index (χ3n) is 3.21. The molecule has 120 valence electrons. The van der Waals surface area contributed by atoms with Crippen molar-refractivity contribution in [1.29, 1.82) is 0 Å². The number of esters is 1. The number of methoxy groups -OCH3 is 2. The molecular formula is C17H17NO5. The Kier molecular flexibility index (Phi) is 5.19. The molecular weight excluding hydrogens is 298 g/mol. The zero-order valence-electron chi connectivity index (χ0n) is 12.8. The number of carbonyl (C=O) groups is 2. The second-order valence-corrected chi connectivity index (χ2v) is 4.64. The Balaban J connectivity index is 2.32. The molecule has 0 radical (unpaired) electrons. The highest BCUT2D eigenvalue weighted by atomic mass is 16.6. The average molecular weight is 315 g/mol. The Morgan fingerprint density at radius 2 is 1.65 bits per heavy atom. The van der Waals surface area contributed by atoms with E-state index >= 15 is 0 Å². The van der Waals surface area contributed by atoms with Crippen LogP contribution in [0.4, 0.5) is 0 Å². The summed E-state index contributed by atoms with van der Waals surface area (Å²) < 4.78 is 15.6. The molecule has 0 heterocycles. The lowest BCUT2D eigenvalue weighted by molar-refractivity contribution is -0.127. The van der Waals surface area contributed by atoms with Crippen molar-refractivity contribution in [2.75, 3.05) is 14.2 Å². The van der Waals surface area contributed by atoms with E-state index in [0.717, 1.165) is 0 Å². The third-order valence-corrected chi connectivity index (χ3v) is 3.21. The molecule has 23 heavy (non-hydrogen) atoms. The SMILES string of the molecule is COc1cccc(C(=O)OC(C(N)=O)c2ccccc2)c1OC. The molecule has 6 heteroatoms. The number of benzene rings is 2. The van der Waals surface area contributed by atoms with Gasteiger partial charge in [0.15, 0.2) is 11.5 Å². The Morgan fingerprint density at radius 1 is 0.957 bits per heavy atom. The molecule has 0 bridgehead atoms. The van der Waals surface area contributed by atoms with Crippen molar-refractivity contribution < 1.29 is 23.8 Å². The summed E-state index contributed by atoms with van der Waals surface area (Å²) in [4.78, 5) is 24.0. The molecule has 2 rings (SSSR count). The molecule has 2 N–H and O–H groups in total. The van der Waals surface area contributed by atoms with E-state index in [1.165, 1.54) is 20.3 Å². The first-order valence-electron chi connectivity index (χ1n) is 6.84. The lowest BCUT2D eigenvalue weighted by atomic mass is 10.1. The van der Waals surface area contributed by atoms with Gasteiger partial charge >= 0.3 is 5.97 Å². The summed E-state index contributed by atoms with van der Waals surface area (Å²) in [6.45, 7) is 0. The topological polar surface area (TPSA) is 87.9 Å². The van der Waals surface area contributed by atoms with Gasteiger partial charge in [-0.15, -0.1) is 0 Å². The maximum absolute atomic E-state index is 12.4. The highest BCUT2D eigenvalue weighted by Crippen LogP contribution is 2.32. The van der Waals surface area contributed by atoms with Crippen LogP contribution >= 0.6 is 0 Å². The molecule has 1 amide bonds. The van der Waals surface area contributed by atoms with Crippen molar-refractivity contribution in [2.24, 2.45) is 5.73 Å². The standard InChI is InChI=1S/C17H17NO5/c1-21-13-10-6-9-12(15(13)22-2)17(20)23-14(16(18)19)11-7-4-3-5-8-11/h3-10,14H,1-2H3,(H2,18,19). The summed E-state index contributed by atoms with van der Waals surface area (Å²) in [5.41, 5.74) is 5.99. The monoisotopic (exact) mass is 315 g/mol. The number of rotatable bonds is 6. The van der Waals surface area contributed by atoms with Gasteiger partial charge in [-0.25, -0.2) is 4.79 Å². The molecule has 0 saturated heterocycles. The van der Waals surface area contributed by atoms with E-state index in [4.69, 9.17) is 19.9 Å². The third kappa shape index (κ3) is 3.60. The van der Waals surface area contributed by atoms with Crippen LogP contribution in [0.2, 0.25) is 0 Å². The fraction of sp³-hybridized carbons (Fsp3) is 0.176. The smallest absolute Gasteiger partial charge is 0.343 e. The lowest BCUT2D eigenvalue weighted by Crippen LogP contribution is -2.26. The summed E-state index contributed by atoms with van der Waals surface area (Å²) in [6.07, 6.45) is -1.18. The van der Waals surface area contributed by atoms with Crippen molar-refractivity contribution in [1.82, 2.24) is 0 Å². The van der Waals surface area contributed by atoms with Gasteiger partial charge in [-0.3, -0.25) is 4.79 Å². The number of carbonyl (C=O) groups excluding carboxylic acids is 2. The molecule has 0 fully saturated rings. The van der Waals surface area contributed by atoms with E-state index in [0.29, 0.717) is 11.3 Å². The fourth-order valence-electron chi connectivity index (χ4n) is 2.14. The van der Waals surface area contributed by atoms with Crippen molar-refractivity contribution in [3.05, 3.63) is 59.7 Å². The first-order valence-corrected chi connectivity index (χ1v) is 6.84. The maximum Gasteiger partial charge on any atom is 0.343 e. The van der Waals surface area contributed by atoms with E-state index < -0.39 is 18.0 Å². The molecule has 0 aliphatic heterocycles. The normalized spacial score (nSPS) is 11.4. The molecule has 0 aromatic heterocycles. The zero-order chi connectivity index (χ0) is 16.8. The van der Waals surface area contributed by atoms with Crippen LogP contribution in [-0.2, 0) is 9.53 Å². The number of hydrogen-bond donors (Lipinski definition) is 1. The minimum absolute atomic E-state index is 0.147. The quantitative estimate of drug-likeness (QED) is 0.825. The van der Waals surface area contributed by atoms with Gasteiger partial charge in [-0.1, -0.05) is 36.4 Å². The number of primary amides is 1. The molecule has 0 spiro atoms. The zero-order valence-corrected chi connectivity index (χ0v) is 12.8. The van der Waals surface area contributed by atoms with Gasteiger partial charge < -0.3 is 19.9 Å². The molecule has 0 saturated carbocycles. The predicted octanol–water partition coefficient (Wildman–Crippen LogP) is 2.09. The number of hydrogen-bond acceptors (Lipinski definition) is 5. The lowest BCUT2D eigenvalue weighted by Gasteiger charge is -2.17. The van der Waals surface area contributed by atoms with E-state index in [9.17, 15) is 9.59 Å². The van der Waals surface area contributed by atoms with Crippen LogP contribution < -0.4 is 15.2 Å². The van der Waals surface area contributed by atoms with Crippen LogP contribution in [0.1, 0.15) is 22.0 Å². The average Bonchev–Trinajstić information content (AvgIpc) is 2.59. The van der Waals surface area contributed by atoms with Gasteiger partial charge in [0, 0.05) is 5.56 Å². The molecule has 1 atom stereocenters. The van der Waals surface area contributed by atoms with Crippen LogP contribution in [0.25, 0.3) is 0 Å². The number of nitrogens with two attached hydrogens (primary N) is 1. The largest absolute Gasteiger partial charge is 0.493 e. The second kappa shape index (κ2) is 7.31. The Morgan fingerprint density at radius 3 is 2.22 bits per heavy atom. The summed E-state index contributed by atoms with van der Waals surface area (Å²) >= 11 is 0.